The summed E-state index contributed by atoms with van der Waals surface area (Å²) in [5.41, 5.74) is 3.48. The van der Waals surface area contributed by atoms with E-state index in [9.17, 15) is 9.59 Å². The topological polar surface area (TPSA) is 112 Å². The van der Waals surface area contributed by atoms with Gasteiger partial charge < -0.3 is 29.9 Å². The minimum atomic E-state index is -0.476. The summed E-state index contributed by atoms with van der Waals surface area (Å²) in [4.78, 5) is 41.6. The van der Waals surface area contributed by atoms with Gasteiger partial charge in [0, 0.05) is 62.1 Å². The molecule has 2 saturated heterocycles. The van der Waals surface area contributed by atoms with Gasteiger partial charge in [-0.2, -0.15) is 0 Å². The van der Waals surface area contributed by atoms with Crippen LogP contribution >= 0.6 is 0 Å². The highest BCUT2D eigenvalue weighted by Crippen LogP contribution is 2.35. The van der Waals surface area contributed by atoms with Crippen molar-refractivity contribution in [2.45, 2.75) is 84.2 Å². The molecule has 4 aliphatic rings. The van der Waals surface area contributed by atoms with Crippen LogP contribution in [0, 0.1) is 5.92 Å². The maximum atomic E-state index is 12.5. The predicted octanol–water partition coefficient (Wildman–Crippen LogP) is 4.62. The van der Waals surface area contributed by atoms with Crippen LogP contribution in [-0.2, 0) is 22.6 Å². The van der Waals surface area contributed by atoms with Crippen molar-refractivity contribution < 1.29 is 19.1 Å². The third kappa shape index (κ3) is 7.38. The van der Waals surface area contributed by atoms with Gasteiger partial charge in [0.05, 0.1) is 24.9 Å². The van der Waals surface area contributed by atoms with E-state index in [0.717, 1.165) is 87.7 Å². The SMILES string of the molecule is CC1COCCN1c1nc(-c2ccc(NC(=O)NC3CC3)cc2)nc2c1CN(CC1CCN(C(=O)OC(C)(C)C)CC1)C2. The first-order valence-corrected chi connectivity index (χ1v) is 15.7. The van der Waals surface area contributed by atoms with Crippen LogP contribution in [0.2, 0.25) is 0 Å². The molecule has 3 aliphatic heterocycles. The fourth-order valence-corrected chi connectivity index (χ4v) is 6.11. The molecule has 3 amide bonds. The molecule has 3 fully saturated rings. The van der Waals surface area contributed by atoms with E-state index in [1.807, 2.05) is 49.9 Å². The molecular formula is C32H45N7O4. The Bertz CT molecular complexity index is 1320. The van der Waals surface area contributed by atoms with Crippen molar-refractivity contribution in [2.75, 3.05) is 49.6 Å². The van der Waals surface area contributed by atoms with Crippen LogP contribution in [0.15, 0.2) is 24.3 Å². The summed E-state index contributed by atoms with van der Waals surface area (Å²) in [6.45, 7) is 14.1. The molecule has 0 radical (unpaired) electrons. The van der Waals surface area contributed by atoms with Crippen LogP contribution in [0.4, 0.5) is 21.1 Å². The van der Waals surface area contributed by atoms with Crippen LogP contribution in [-0.4, -0.2) is 89.0 Å². The van der Waals surface area contributed by atoms with Crippen molar-refractivity contribution in [3.05, 3.63) is 35.5 Å². The quantitative estimate of drug-likeness (QED) is 0.501. The summed E-state index contributed by atoms with van der Waals surface area (Å²) in [6, 6.07) is 8.14. The Morgan fingerprint density at radius 3 is 2.44 bits per heavy atom. The second-order valence-electron chi connectivity index (χ2n) is 13.4. The van der Waals surface area contributed by atoms with E-state index < -0.39 is 5.60 Å². The number of nitrogens with one attached hydrogen (secondary N) is 2. The van der Waals surface area contributed by atoms with Crippen LogP contribution in [0.1, 0.15) is 64.6 Å². The number of carbonyl (C=O) groups is 2. The van der Waals surface area contributed by atoms with Crippen molar-refractivity contribution in [1.29, 1.82) is 0 Å². The molecule has 1 aromatic carbocycles. The number of morpholine rings is 1. The largest absolute Gasteiger partial charge is 0.444 e. The standard InChI is InChI=1S/C32H45N7O4/c1-21-20-42-16-15-39(21)29-26-18-37(17-22-11-13-38(14-12-22)31(41)43-32(2,3)4)19-27(26)35-28(36-29)23-5-7-24(8-6-23)33-30(40)34-25-9-10-25/h5-8,21-22,25H,9-20H2,1-4H3,(H2,33,34,40). The van der Waals surface area contributed by atoms with Crippen LogP contribution in [0.3, 0.4) is 0 Å². The van der Waals surface area contributed by atoms with E-state index in [1.165, 1.54) is 5.56 Å². The van der Waals surface area contributed by atoms with Crippen molar-refractivity contribution in [3.8, 4) is 11.4 Å². The molecule has 232 valence electrons. The first-order chi connectivity index (χ1) is 20.6. The summed E-state index contributed by atoms with van der Waals surface area (Å²) >= 11 is 0. The minimum absolute atomic E-state index is 0.164. The lowest BCUT2D eigenvalue weighted by Gasteiger charge is -2.36. The number of fused-ring (bicyclic) bond motifs is 1. The maximum Gasteiger partial charge on any atom is 0.410 e. The van der Waals surface area contributed by atoms with Gasteiger partial charge in [-0.25, -0.2) is 19.6 Å². The van der Waals surface area contributed by atoms with Gasteiger partial charge in [0.15, 0.2) is 5.82 Å². The van der Waals surface area contributed by atoms with Gasteiger partial charge in [0.2, 0.25) is 0 Å². The lowest BCUT2D eigenvalue weighted by Crippen LogP contribution is -2.44. The Hall–Kier alpha value is -3.44. The van der Waals surface area contributed by atoms with Crippen LogP contribution in [0.25, 0.3) is 11.4 Å². The lowest BCUT2D eigenvalue weighted by atomic mass is 9.96. The van der Waals surface area contributed by atoms with Gasteiger partial charge in [0.1, 0.15) is 11.4 Å². The van der Waals surface area contributed by atoms with Gasteiger partial charge in [-0.1, -0.05) is 0 Å². The number of amides is 3. The van der Waals surface area contributed by atoms with Crippen molar-refractivity contribution in [3.63, 3.8) is 0 Å². The summed E-state index contributed by atoms with van der Waals surface area (Å²) in [7, 11) is 0. The molecule has 6 rings (SSSR count). The highest BCUT2D eigenvalue weighted by atomic mass is 16.6. The number of nitrogens with zero attached hydrogens (tertiary/aromatic N) is 5. The fourth-order valence-electron chi connectivity index (χ4n) is 6.11. The van der Waals surface area contributed by atoms with Crippen molar-refractivity contribution >= 4 is 23.6 Å². The Kier molecular flexibility index (Phi) is 8.46. The molecule has 2 aromatic rings. The predicted molar refractivity (Wildman–Crippen MR) is 165 cm³/mol. The number of piperidine rings is 1. The Morgan fingerprint density at radius 1 is 1.02 bits per heavy atom. The number of anilines is 2. The number of aromatic nitrogens is 2. The van der Waals surface area contributed by atoms with Gasteiger partial charge >= 0.3 is 12.1 Å². The summed E-state index contributed by atoms with van der Waals surface area (Å²) < 4.78 is 11.3. The molecule has 43 heavy (non-hydrogen) atoms. The van der Waals surface area contributed by atoms with E-state index >= 15 is 0 Å². The molecule has 1 atom stereocenters. The number of rotatable bonds is 6. The highest BCUT2D eigenvalue weighted by Gasteiger charge is 2.33. The van der Waals surface area contributed by atoms with Crippen LogP contribution < -0.4 is 15.5 Å². The zero-order chi connectivity index (χ0) is 30.1. The fraction of sp³-hybridized carbons (Fsp3) is 0.625. The Labute approximate surface area is 254 Å². The average molecular weight is 592 g/mol. The van der Waals surface area contributed by atoms with Gasteiger partial charge in [-0.15, -0.1) is 0 Å². The Balaban J connectivity index is 1.15. The molecular weight excluding hydrogens is 546 g/mol. The first-order valence-electron chi connectivity index (χ1n) is 15.7. The summed E-state index contributed by atoms with van der Waals surface area (Å²) in [6.07, 6.45) is 3.83. The van der Waals surface area contributed by atoms with E-state index in [1.54, 1.807) is 0 Å². The highest BCUT2D eigenvalue weighted by molar-refractivity contribution is 5.89. The molecule has 0 bridgehead atoms. The van der Waals surface area contributed by atoms with E-state index in [-0.39, 0.29) is 18.2 Å². The minimum Gasteiger partial charge on any atom is -0.444 e. The number of likely N-dealkylation sites (tertiary alicyclic amines) is 1. The zero-order valence-corrected chi connectivity index (χ0v) is 25.9. The lowest BCUT2D eigenvalue weighted by molar-refractivity contribution is 0.0169. The molecule has 11 nitrogen and oxygen atoms in total. The van der Waals surface area contributed by atoms with E-state index in [4.69, 9.17) is 19.4 Å². The maximum absolute atomic E-state index is 12.5. The van der Waals surface area contributed by atoms with Crippen LogP contribution in [0.5, 0.6) is 0 Å². The third-order valence-corrected chi connectivity index (χ3v) is 8.56. The van der Waals surface area contributed by atoms with E-state index in [2.05, 4.69) is 27.4 Å². The molecule has 4 heterocycles. The molecule has 1 unspecified atom stereocenters. The number of ether oxygens (including phenoxy) is 2. The Morgan fingerprint density at radius 2 is 1.77 bits per heavy atom. The van der Waals surface area contributed by atoms with E-state index in [0.29, 0.717) is 31.0 Å². The number of urea groups is 1. The second-order valence-corrected chi connectivity index (χ2v) is 13.4. The normalized spacial score (nSPS) is 21.4. The summed E-state index contributed by atoms with van der Waals surface area (Å²) in [5, 5.41) is 5.87. The second kappa shape index (κ2) is 12.3. The van der Waals surface area contributed by atoms with Crippen molar-refractivity contribution in [2.24, 2.45) is 5.92 Å². The molecule has 0 spiro atoms. The summed E-state index contributed by atoms with van der Waals surface area (Å²) in [5.74, 6) is 2.22. The molecule has 1 aliphatic carbocycles. The smallest absolute Gasteiger partial charge is 0.410 e. The number of hydrogen-bond acceptors (Lipinski definition) is 8. The molecule has 1 saturated carbocycles. The van der Waals surface area contributed by atoms with Gasteiger partial charge in [-0.3, -0.25) is 4.90 Å². The van der Waals surface area contributed by atoms with Crippen molar-refractivity contribution in [1.82, 2.24) is 25.1 Å². The first kappa shape index (κ1) is 29.6. The zero-order valence-electron chi connectivity index (χ0n) is 25.9. The molecule has 1 aromatic heterocycles. The molecule has 11 heteroatoms. The monoisotopic (exact) mass is 591 g/mol. The number of hydrogen-bond donors (Lipinski definition) is 2. The average Bonchev–Trinajstić information content (AvgIpc) is 3.68. The third-order valence-electron chi connectivity index (χ3n) is 8.56. The van der Waals surface area contributed by atoms with Gasteiger partial charge in [0.25, 0.3) is 0 Å². The number of benzene rings is 1. The molecule has 2 N–H and O–H groups in total. The number of carbonyl (C=O) groups excluding carboxylic acids is 2. The van der Waals surface area contributed by atoms with Gasteiger partial charge in [-0.05, 0) is 83.6 Å².